The van der Waals surface area contributed by atoms with Gasteiger partial charge < -0.3 is 14.8 Å². The molecule has 1 N–H and O–H groups in total. The van der Waals surface area contributed by atoms with Crippen molar-refractivity contribution >= 4 is 0 Å². The fraction of sp³-hybridized carbons (Fsp3) is 1.00. The molecule has 0 bridgehead atoms. The van der Waals surface area contributed by atoms with Crippen molar-refractivity contribution in [1.29, 1.82) is 0 Å². The van der Waals surface area contributed by atoms with Gasteiger partial charge in [-0.25, -0.2) is 0 Å². The lowest BCUT2D eigenvalue weighted by molar-refractivity contribution is -0.204. The highest BCUT2D eigenvalue weighted by Gasteiger charge is 2.48. The van der Waals surface area contributed by atoms with E-state index in [1.807, 2.05) is 0 Å². The molecule has 0 amide bonds. The van der Waals surface area contributed by atoms with E-state index < -0.39 is 0 Å². The average Bonchev–Trinajstić information content (AvgIpc) is 2.84. The first-order valence-electron chi connectivity index (χ1n) is 7.21. The molecular formula is C14H25NO2. The fourth-order valence-electron chi connectivity index (χ4n) is 3.82. The van der Waals surface area contributed by atoms with Crippen LogP contribution in [0.2, 0.25) is 0 Å². The molecule has 0 aromatic carbocycles. The molecule has 2 aliphatic heterocycles. The maximum Gasteiger partial charge on any atom is 0.0837 e. The van der Waals surface area contributed by atoms with Gasteiger partial charge in [0.15, 0.2) is 0 Å². The van der Waals surface area contributed by atoms with Gasteiger partial charge in [-0.05, 0) is 26.2 Å². The van der Waals surface area contributed by atoms with Gasteiger partial charge in [-0.1, -0.05) is 19.3 Å². The van der Waals surface area contributed by atoms with Gasteiger partial charge in [0.1, 0.15) is 0 Å². The van der Waals surface area contributed by atoms with Crippen LogP contribution in [0.3, 0.4) is 0 Å². The molecule has 0 aromatic heterocycles. The highest BCUT2D eigenvalue weighted by molar-refractivity contribution is 4.99. The Morgan fingerprint density at radius 2 is 1.94 bits per heavy atom. The third-order valence-electron chi connectivity index (χ3n) is 4.93. The van der Waals surface area contributed by atoms with Crippen LogP contribution >= 0.6 is 0 Å². The first kappa shape index (κ1) is 11.9. The van der Waals surface area contributed by atoms with Gasteiger partial charge in [0.05, 0.1) is 17.8 Å². The van der Waals surface area contributed by atoms with Gasteiger partial charge in [-0.15, -0.1) is 0 Å². The minimum Gasteiger partial charge on any atom is -0.381 e. The van der Waals surface area contributed by atoms with Crippen molar-refractivity contribution in [3.8, 4) is 0 Å². The molecule has 1 aliphatic carbocycles. The molecule has 98 valence electrons. The van der Waals surface area contributed by atoms with E-state index >= 15 is 0 Å². The maximum atomic E-state index is 6.64. The van der Waals surface area contributed by atoms with E-state index in [0.29, 0.717) is 5.92 Å². The molecule has 3 nitrogen and oxygen atoms in total. The third-order valence-corrected chi connectivity index (χ3v) is 4.93. The predicted octanol–water partition coefficient (Wildman–Crippen LogP) is 2.10. The Morgan fingerprint density at radius 3 is 2.65 bits per heavy atom. The molecule has 0 aromatic rings. The molecule has 2 heterocycles. The van der Waals surface area contributed by atoms with Crippen molar-refractivity contribution < 1.29 is 9.47 Å². The zero-order valence-electron chi connectivity index (χ0n) is 11.0. The molecule has 17 heavy (non-hydrogen) atoms. The standard InChI is InChI=1S/C14H25NO2/c1-13(12-5-8-16-9-12)10-15-11-14(17-13)6-3-2-4-7-14/h12,15H,2-11H2,1H3. The largest absolute Gasteiger partial charge is 0.381 e. The van der Waals surface area contributed by atoms with Crippen molar-refractivity contribution in [1.82, 2.24) is 5.32 Å². The van der Waals surface area contributed by atoms with Crippen LogP contribution in [-0.2, 0) is 9.47 Å². The van der Waals surface area contributed by atoms with E-state index in [1.54, 1.807) is 0 Å². The third kappa shape index (κ3) is 2.25. The van der Waals surface area contributed by atoms with Crippen LogP contribution in [0.5, 0.6) is 0 Å². The molecule has 2 unspecified atom stereocenters. The zero-order chi connectivity index (χ0) is 11.8. The number of rotatable bonds is 1. The van der Waals surface area contributed by atoms with Crippen LogP contribution in [-0.4, -0.2) is 37.5 Å². The highest BCUT2D eigenvalue weighted by atomic mass is 16.5. The molecule has 2 saturated heterocycles. The molecular weight excluding hydrogens is 214 g/mol. The van der Waals surface area contributed by atoms with E-state index in [4.69, 9.17) is 9.47 Å². The lowest BCUT2D eigenvalue weighted by Crippen LogP contribution is -2.62. The summed E-state index contributed by atoms with van der Waals surface area (Å²) >= 11 is 0. The predicted molar refractivity (Wildman–Crippen MR) is 67.1 cm³/mol. The number of ether oxygens (including phenoxy) is 2. The summed E-state index contributed by atoms with van der Waals surface area (Å²) in [5, 5.41) is 3.63. The topological polar surface area (TPSA) is 30.5 Å². The Balaban J connectivity index is 1.73. The SMILES string of the molecule is CC1(C2CCOC2)CNCC2(CCCCC2)O1. The second kappa shape index (κ2) is 4.52. The summed E-state index contributed by atoms with van der Waals surface area (Å²) < 4.78 is 12.2. The summed E-state index contributed by atoms with van der Waals surface area (Å²) in [6.45, 7) is 6.12. The van der Waals surface area contributed by atoms with E-state index in [1.165, 1.54) is 32.1 Å². The quantitative estimate of drug-likeness (QED) is 0.760. The normalized spacial score (nSPS) is 41.8. The Morgan fingerprint density at radius 1 is 1.12 bits per heavy atom. The first-order chi connectivity index (χ1) is 8.23. The van der Waals surface area contributed by atoms with E-state index in [9.17, 15) is 0 Å². The molecule has 1 saturated carbocycles. The fourth-order valence-corrected chi connectivity index (χ4v) is 3.82. The van der Waals surface area contributed by atoms with Crippen molar-refractivity contribution in [2.24, 2.45) is 5.92 Å². The Labute approximate surface area is 104 Å². The minimum atomic E-state index is -0.00785. The van der Waals surface area contributed by atoms with E-state index in [0.717, 1.165) is 32.7 Å². The van der Waals surface area contributed by atoms with Crippen LogP contribution in [0.4, 0.5) is 0 Å². The number of morpholine rings is 1. The summed E-state index contributed by atoms with van der Waals surface area (Å²) in [7, 11) is 0. The van der Waals surface area contributed by atoms with Crippen molar-refractivity contribution in [3.05, 3.63) is 0 Å². The van der Waals surface area contributed by atoms with Crippen LogP contribution < -0.4 is 5.32 Å². The molecule has 1 spiro atoms. The summed E-state index contributed by atoms with van der Waals surface area (Å²) in [5.74, 6) is 0.578. The second-order valence-corrected chi connectivity index (χ2v) is 6.32. The summed E-state index contributed by atoms with van der Waals surface area (Å²) in [5.41, 5.74) is 0.125. The van der Waals surface area contributed by atoms with E-state index in [2.05, 4.69) is 12.2 Å². The van der Waals surface area contributed by atoms with Gasteiger partial charge >= 0.3 is 0 Å². The van der Waals surface area contributed by atoms with Crippen molar-refractivity contribution in [2.45, 2.75) is 56.7 Å². The molecule has 0 radical (unpaired) electrons. The number of hydrogen-bond donors (Lipinski definition) is 1. The Kier molecular flexibility index (Phi) is 3.18. The smallest absolute Gasteiger partial charge is 0.0837 e. The summed E-state index contributed by atoms with van der Waals surface area (Å²) in [6.07, 6.45) is 7.69. The van der Waals surface area contributed by atoms with Gasteiger partial charge in [0.25, 0.3) is 0 Å². The summed E-state index contributed by atoms with van der Waals surface area (Å²) in [4.78, 5) is 0. The Hall–Kier alpha value is -0.120. The molecule has 3 fully saturated rings. The molecule has 3 rings (SSSR count). The maximum absolute atomic E-state index is 6.64. The average molecular weight is 239 g/mol. The minimum absolute atomic E-state index is 0.00785. The number of hydrogen-bond acceptors (Lipinski definition) is 3. The van der Waals surface area contributed by atoms with Crippen LogP contribution in [0, 0.1) is 5.92 Å². The van der Waals surface area contributed by atoms with Gasteiger partial charge in [-0.3, -0.25) is 0 Å². The van der Waals surface area contributed by atoms with Gasteiger partial charge in [0.2, 0.25) is 0 Å². The number of nitrogens with one attached hydrogen (secondary N) is 1. The monoisotopic (exact) mass is 239 g/mol. The lowest BCUT2D eigenvalue weighted by Gasteiger charge is -2.51. The molecule has 3 aliphatic rings. The zero-order valence-corrected chi connectivity index (χ0v) is 11.0. The van der Waals surface area contributed by atoms with E-state index in [-0.39, 0.29) is 11.2 Å². The summed E-state index contributed by atoms with van der Waals surface area (Å²) in [6, 6.07) is 0. The molecule has 3 heteroatoms. The second-order valence-electron chi connectivity index (χ2n) is 6.32. The van der Waals surface area contributed by atoms with Crippen LogP contribution in [0.1, 0.15) is 45.4 Å². The van der Waals surface area contributed by atoms with Crippen LogP contribution in [0.25, 0.3) is 0 Å². The van der Waals surface area contributed by atoms with Crippen molar-refractivity contribution in [2.75, 3.05) is 26.3 Å². The highest BCUT2D eigenvalue weighted by Crippen LogP contribution is 2.41. The lowest BCUT2D eigenvalue weighted by atomic mass is 9.79. The Bertz CT molecular complexity index is 264. The first-order valence-corrected chi connectivity index (χ1v) is 7.21. The van der Waals surface area contributed by atoms with Gasteiger partial charge in [-0.2, -0.15) is 0 Å². The molecule has 2 atom stereocenters. The van der Waals surface area contributed by atoms with Gasteiger partial charge in [0, 0.05) is 25.6 Å². The van der Waals surface area contributed by atoms with Crippen LogP contribution in [0.15, 0.2) is 0 Å². The van der Waals surface area contributed by atoms with Crippen molar-refractivity contribution in [3.63, 3.8) is 0 Å².